The van der Waals surface area contributed by atoms with E-state index < -0.39 is 0 Å². The molecule has 33 heavy (non-hydrogen) atoms. The molecule has 1 aromatic heterocycles. The van der Waals surface area contributed by atoms with Gasteiger partial charge in [-0.05, 0) is 85.7 Å². The van der Waals surface area contributed by atoms with Crippen molar-refractivity contribution < 1.29 is 14.3 Å². The molecule has 0 atom stereocenters. The summed E-state index contributed by atoms with van der Waals surface area (Å²) in [6.07, 6.45) is 3.37. The first-order chi connectivity index (χ1) is 16.0. The SMILES string of the molecule is Cc1cc(-c2cc(COC3CCN(C(=O)OCc4ccccc4)CC3)ccn2)cc(C)c1C. The van der Waals surface area contributed by atoms with Crippen LogP contribution in [0.3, 0.4) is 0 Å². The van der Waals surface area contributed by atoms with Gasteiger partial charge in [-0.1, -0.05) is 30.3 Å². The minimum absolute atomic E-state index is 0.142. The molecule has 2 aromatic carbocycles. The maximum absolute atomic E-state index is 12.4. The number of hydrogen-bond donors (Lipinski definition) is 0. The van der Waals surface area contributed by atoms with E-state index in [4.69, 9.17) is 9.47 Å². The summed E-state index contributed by atoms with van der Waals surface area (Å²) in [5, 5.41) is 0. The highest BCUT2D eigenvalue weighted by atomic mass is 16.6. The Morgan fingerprint density at radius 1 is 0.939 bits per heavy atom. The second-order valence-electron chi connectivity index (χ2n) is 8.82. The number of pyridine rings is 1. The summed E-state index contributed by atoms with van der Waals surface area (Å²) in [4.78, 5) is 18.7. The Morgan fingerprint density at radius 2 is 1.64 bits per heavy atom. The minimum atomic E-state index is -0.250. The summed E-state index contributed by atoms with van der Waals surface area (Å²) in [6, 6.07) is 18.3. The first-order valence-corrected chi connectivity index (χ1v) is 11.6. The van der Waals surface area contributed by atoms with Crippen LogP contribution in [0.2, 0.25) is 0 Å². The Bertz CT molecular complexity index is 1070. The fraction of sp³-hybridized carbons (Fsp3) is 0.357. The maximum Gasteiger partial charge on any atom is 0.410 e. The summed E-state index contributed by atoms with van der Waals surface area (Å²) >= 11 is 0. The second kappa shape index (κ2) is 10.6. The summed E-state index contributed by atoms with van der Waals surface area (Å²) < 4.78 is 11.6. The van der Waals surface area contributed by atoms with Crippen LogP contribution in [0.1, 0.15) is 40.7 Å². The van der Waals surface area contributed by atoms with Gasteiger partial charge >= 0.3 is 6.09 Å². The van der Waals surface area contributed by atoms with E-state index in [-0.39, 0.29) is 12.2 Å². The van der Waals surface area contributed by atoms with Gasteiger partial charge in [-0.2, -0.15) is 0 Å². The van der Waals surface area contributed by atoms with E-state index in [9.17, 15) is 4.79 Å². The molecule has 1 amide bonds. The van der Waals surface area contributed by atoms with Crippen molar-refractivity contribution in [2.75, 3.05) is 13.1 Å². The zero-order valence-corrected chi connectivity index (χ0v) is 19.7. The number of nitrogens with zero attached hydrogens (tertiary/aromatic N) is 2. The van der Waals surface area contributed by atoms with Gasteiger partial charge in [0.1, 0.15) is 6.61 Å². The number of aryl methyl sites for hydroxylation is 2. The quantitative estimate of drug-likeness (QED) is 0.468. The standard InChI is InChI=1S/C28H32N2O3/c1-20-15-25(16-21(2)22(20)3)27-17-24(9-12-29-27)19-32-26-10-13-30(14-11-26)28(31)33-18-23-7-5-4-6-8-23/h4-9,12,15-17,26H,10-11,13-14,18-19H2,1-3H3. The molecular weight excluding hydrogens is 412 g/mol. The lowest BCUT2D eigenvalue weighted by Gasteiger charge is -2.31. The number of hydrogen-bond acceptors (Lipinski definition) is 4. The maximum atomic E-state index is 12.4. The van der Waals surface area contributed by atoms with Crippen LogP contribution in [-0.4, -0.2) is 35.2 Å². The van der Waals surface area contributed by atoms with E-state index >= 15 is 0 Å². The van der Waals surface area contributed by atoms with Gasteiger partial charge in [-0.25, -0.2) is 4.79 Å². The van der Waals surface area contributed by atoms with Gasteiger partial charge < -0.3 is 14.4 Å². The van der Waals surface area contributed by atoms with Crippen LogP contribution < -0.4 is 0 Å². The highest BCUT2D eigenvalue weighted by Crippen LogP contribution is 2.25. The zero-order valence-electron chi connectivity index (χ0n) is 19.7. The molecule has 4 rings (SSSR count). The number of ether oxygens (including phenoxy) is 2. The highest BCUT2D eigenvalue weighted by Gasteiger charge is 2.24. The van der Waals surface area contributed by atoms with Crippen molar-refractivity contribution in [3.8, 4) is 11.3 Å². The van der Waals surface area contributed by atoms with Crippen LogP contribution in [0.15, 0.2) is 60.8 Å². The lowest BCUT2D eigenvalue weighted by Crippen LogP contribution is -2.41. The molecule has 0 N–H and O–H groups in total. The average Bonchev–Trinajstić information content (AvgIpc) is 2.85. The van der Waals surface area contributed by atoms with Crippen molar-refractivity contribution in [2.45, 2.75) is 52.9 Å². The third-order valence-corrected chi connectivity index (χ3v) is 6.44. The molecule has 172 valence electrons. The first kappa shape index (κ1) is 23.0. The number of carbonyl (C=O) groups is 1. The van der Waals surface area contributed by atoms with Gasteiger partial charge in [0.25, 0.3) is 0 Å². The largest absolute Gasteiger partial charge is 0.445 e. The Balaban J connectivity index is 1.26. The predicted molar refractivity (Wildman–Crippen MR) is 130 cm³/mol. The summed E-state index contributed by atoms with van der Waals surface area (Å²) in [5.41, 5.74) is 8.11. The number of benzene rings is 2. The van der Waals surface area contributed by atoms with Crippen molar-refractivity contribution in [1.82, 2.24) is 9.88 Å². The van der Waals surface area contributed by atoms with E-state index in [0.29, 0.717) is 26.3 Å². The fourth-order valence-electron chi connectivity index (χ4n) is 4.14. The molecule has 1 fully saturated rings. The lowest BCUT2D eigenvalue weighted by atomic mass is 9.98. The first-order valence-electron chi connectivity index (χ1n) is 11.6. The fourth-order valence-corrected chi connectivity index (χ4v) is 4.14. The number of carbonyl (C=O) groups excluding carboxylic acids is 1. The monoisotopic (exact) mass is 444 g/mol. The second-order valence-corrected chi connectivity index (χ2v) is 8.82. The number of amides is 1. The van der Waals surface area contributed by atoms with E-state index in [0.717, 1.165) is 35.2 Å². The molecule has 0 radical (unpaired) electrons. The molecule has 0 unspecified atom stereocenters. The smallest absolute Gasteiger partial charge is 0.410 e. The zero-order chi connectivity index (χ0) is 23.2. The van der Waals surface area contributed by atoms with E-state index in [1.165, 1.54) is 16.7 Å². The molecule has 1 aliphatic rings. The van der Waals surface area contributed by atoms with Crippen LogP contribution in [0.25, 0.3) is 11.3 Å². The third kappa shape index (κ3) is 5.99. The minimum Gasteiger partial charge on any atom is -0.445 e. The summed E-state index contributed by atoms with van der Waals surface area (Å²) in [6.45, 7) is 8.60. The summed E-state index contributed by atoms with van der Waals surface area (Å²) in [7, 11) is 0. The Hall–Kier alpha value is -3.18. The molecule has 3 aromatic rings. The lowest BCUT2D eigenvalue weighted by molar-refractivity contribution is -0.00397. The van der Waals surface area contributed by atoms with Crippen molar-refractivity contribution in [1.29, 1.82) is 0 Å². The topological polar surface area (TPSA) is 51.7 Å². The Labute approximate surface area is 196 Å². The van der Waals surface area contributed by atoms with Crippen LogP contribution in [0.4, 0.5) is 4.79 Å². The Morgan fingerprint density at radius 3 is 2.33 bits per heavy atom. The molecule has 5 nitrogen and oxygen atoms in total. The molecule has 1 saturated heterocycles. The predicted octanol–water partition coefficient (Wildman–Crippen LogP) is 5.99. The molecule has 1 aliphatic heterocycles. The molecule has 0 bridgehead atoms. The molecule has 0 spiro atoms. The number of rotatable bonds is 6. The van der Waals surface area contributed by atoms with Gasteiger partial charge in [0.2, 0.25) is 0 Å². The van der Waals surface area contributed by atoms with Gasteiger partial charge in [0.15, 0.2) is 0 Å². The van der Waals surface area contributed by atoms with Gasteiger partial charge in [-0.15, -0.1) is 0 Å². The van der Waals surface area contributed by atoms with E-state index in [1.807, 2.05) is 42.6 Å². The van der Waals surface area contributed by atoms with Crippen molar-refractivity contribution in [3.05, 3.63) is 88.6 Å². The molecule has 0 saturated carbocycles. The molecule has 2 heterocycles. The van der Waals surface area contributed by atoms with Crippen molar-refractivity contribution in [2.24, 2.45) is 0 Å². The van der Waals surface area contributed by atoms with Crippen LogP contribution in [0, 0.1) is 20.8 Å². The highest BCUT2D eigenvalue weighted by molar-refractivity contribution is 5.67. The van der Waals surface area contributed by atoms with Crippen molar-refractivity contribution >= 4 is 6.09 Å². The van der Waals surface area contributed by atoms with E-state index in [1.54, 1.807) is 4.90 Å². The van der Waals surface area contributed by atoms with Gasteiger partial charge in [0.05, 0.1) is 18.4 Å². The number of piperidine rings is 1. The normalized spacial score (nSPS) is 14.3. The summed E-state index contributed by atoms with van der Waals surface area (Å²) in [5.74, 6) is 0. The Kier molecular flexibility index (Phi) is 7.40. The van der Waals surface area contributed by atoms with Crippen LogP contribution in [-0.2, 0) is 22.7 Å². The van der Waals surface area contributed by atoms with Crippen LogP contribution in [0.5, 0.6) is 0 Å². The molecule has 5 heteroatoms. The van der Waals surface area contributed by atoms with E-state index in [2.05, 4.69) is 44.0 Å². The molecular formula is C28H32N2O3. The van der Waals surface area contributed by atoms with Crippen LogP contribution >= 0.6 is 0 Å². The van der Waals surface area contributed by atoms with Gasteiger partial charge in [0, 0.05) is 24.8 Å². The number of aromatic nitrogens is 1. The average molecular weight is 445 g/mol. The van der Waals surface area contributed by atoms with Crippen molar-refractivity contribution in [3.63, 3.8) is 0 Å². The molecule has 0 aliphatic carbocycles. The number of likely N-dealkylation sites (tertiary alicyclic amines) is 1. The third-order valence-electron chi connectivity index (χ3n) is 6.44. The van der Waals surface area contributed by atoms with Gasteiger partial charge in [-0.3, -0.25) is 4.98 Å².